The lowest BCUT2D eigenvalue weighted by atomic mass is 10.2. The molecule has 1 rings (SSSR count). The van der Waals surface area contributed by atoms with Crippen LogP contribution in [0.5, 0.6) is 0 Å². The second-order valence-electron chi connectivity index (χ2n) is 3.79. The lowest BCUT2D eigenvalue weighted by Gasteiger charge is -2.34. The molecule has 1 unspecified atom stereocenters. The molecule has 0 amide bonds. The summed E-state index contributed by atoms with van der Waals surface area (Å²) in [6.45, 7) is 6.24. The van der Waals surface area contributed by atoms with Crippen molar-refractivity contribution in [2.24, 2.45) is 0 Å². The van der Waals surface area contributed by atoms with Gasteiger partial charge in [0.2, 0.25) is 9.05 Å². The van der Waals surface area contributed by atoms with E-state index in [1.54, 1.807) is 0 Å². The zero-order valence-corrected chi connectivity index (χ0v) is 10.0. The van der Waals surface area contributed by atoms with E-state index in [4.69, 9.17) is 15.4 Å². The van der Waals surface area contributed by atoms with Crippen LogP contribution in [0.2, 0.25) is 0 Å². The third kappa shape index (κ3) is 4.13. The fourth-order valence-corrected chi connectivity index (χ4v) is 2.60. The molecular formula is C8H16ClNO3S. The first kappa shape index (κ1) is 12.2. The van der Waals surface area contributed by atoms with Crippen LogP contribution < -0.4 is 0 Å². The summed E-state index contributed by atoms with van der Waals surface area (Å²) in [5.41, 5.74) is 0. The molecule has 0 spiro atoms. The summed E-state index contributed by atoms with van der Waals surface area (Å²) in [4.78, 5) is 2.19. The highest BCUT2D eigenvalue weighted by Crippen LogP contribution is 2.12. The molecule has 1 fully saturated rings. The Morgan fingerprint density at radius 3 is 2.71 bits per heavy atom. The summed E-state index contributed by atoms with van der Waals surface area (Å²) in [6.07, 6.45) is -0.284. The molecule has 1 atom stereocenters. The summed E-state index contributed by atoms with van der Waals surface area (Å²) in [6, 6.07) is 0.416. The molecule has 0 aromatic rings. The summed E-state index contributed by atoms with van der Waals surface area (Å²) in [5.74, 6) is -0.0994. The SMILES string of the molecule is CC(C)N1CCOC(CS(=O)(=O)Cl)C1. The van der Waals surface area contributed by atoms with Crippen LogP contribution >= 0.6 is 10.7 Å². The van der Waals surface area contributed by atoms with Gasteiger partial charge in [-0.2, -0.15) is 0 Å². The molecule has 0 aromatic heterocycles. The molecule has 6 heteroatoms. The van der Waals surface area contributed by atoms with Gasteiger partial charge in [0.1, 0.15) is 0 Å². The fraction of sp³-hybridized carbons (Fsp3) is 1.00. The van der Waals surface area contributed by atoms with E-state index >= 15 is 0 Å². The van der Waals surface area contributed by atoms with Crippen LogP contribution in [0.15, 0.2) is 0 Å². The third-order valence-electron chi connectivity index (χ3n) is 2.29. The van der Waals surface area contributed by atoms with E-state index in [2.05, 4.69) is 18.7 Å². The highest BCUT2D eigenvalue weighted by molar-refractivity contribution is 8.13. The number of hydrogen-bond donors (Lipinski definition) is 0. The average molecular weight is 242 g/mol. The number of rotatable bonds is 3. The van der Waals surface area contributed by atoms with Gasteiger partial charge in [0, 0.05) is 29.8 Å². The number of halogens is 1. The van der Waals surface area contributed by atoms with E-state index in [1.165, 1.54) is 0 Å². The molecule has 0 bridgehead atoms. The van der Waals surface area contributed by atoms with Gasteiger partial charge in [-0.15, -0.1) is 0 Å². The van der Waals surface area contributed by atoms with Crippen LogP contribution in [0, 0.1) is 0 Å². The predicted octanol–water partition coefficient (Wildman–Crippen LogP) is 0.664. The summed E-state index contributed by atoms with van der Waals surface area (Å²) in [7, 11) is 1.72. The van der Waals surface area contributed by atoms with Gasteiger partial charge in [0.15, 0.2) is 0 Å². The van der Waals surface area contributed by atoms with Gasteiger partial charge in [-0.1, -0.05) is 0 Å². The van der Waals surface area contributed by atoms with Crippen molar-refractivity contribution in [1.29, 1.82) is 0 Å². The maximum atomic E-state index is 10.8. The Labute approximate surface area is 89.6 Å². The van der Waals surface area contributed by atoms with Crippen LogP contribution in [-0.2, 0) is 13.8 Å². The van der Waals surface area contributed by atoms with Gasteiger partial charge < -0.3 is 4.74 Å². The molecule has 0 N–H and O–H groups in total. The highest BCUT2D eigenvalue weighted by Gasteiger charge is 2.25. The van der Waals surface area contributed by atoms with Crippen molar-refractivity contribution in [1.82, 2.24) is 4.90 Å². The maximum absolute atomic E-state index is 10.8. The highest BCUT2D eigenvalue weighted by atomic mass is 35.7. The molecule has 14 heavy (non-hydrogen) atoms. The van der Waals surface area contributed by atoms with Crippen LogP contribution in [0.3, 0.4) is 0 Å². The van der Waals surface area contributed by atoms with Gasteiger partial charge in [-0.05, 0) is 13.8 Å². The van der Waals surface area contributed by atoms with Gasteiger partial charge in [-0.25, -0.2) is 8.42 Å². The Morgan fingerprint density at radius 2 is 2.21 bits per heavy atom. The molecule has 1 aliphatic rings. The normalized spacial score (nSPS) is 25.6. The van der Waals surface area contributed by atoms with E-state index in [9.17, 15) is 8.42 Å². The van der Waals surface area contributed by atoms with Crippen molar-refractivity contribution in [2.45, 2.75) is 26.0 Å². The first-order valence-electron chi connectivity index (χ1n) is 4.66. The van der Waals surface area contributed by atoms with E-state index in [-0.39, 0.29) is 11.9 Å². The Hall–Kier alpha value is 0.160. The first-order valence-corrected chi connectivity index (χ1v) is 7.14. The van der Waals surface area contributed by atoms with Crippen molar-refractivity contribution in [3.8, 4) is 0 Å². The summed E-state index contributed by atoms with van der Waals surface area (Å²) >= 11 is 0. The number of nitrogens with zero attached hydrogens (tertiary/aromatic N) is 1. The number of hydrogen-bond acceptors (Lipinski definition) is 4. The van der Waals surface area contributed by atoms with Crippen molar-refractivity contribution < 1.29 is 13.2 Å². The Bertz CT molecular complexity index is 278. The third-order valence-corrected chi connectivity index (χ3v) is 3.43. The topological polar surface area (TPSA) is 46.6 Å². The molecule has 1 saturated heterocycles. The van der Waals surface area contributed by atoms with E-state index in [1.807, 2.05) is 0 Å². The van der Waals surface area contributed by atoms with Crippen molar-refractivity contribution in [3.63, 3.8) is 0 Å². The molecule has 1 heterocycles. The molecule has 0 aromatic carbocycles. The van der Waals surface area contributed by atoms with Crippen molar-refractivity contribution in [2.75, 3.05) is 25.4 Å². The summed E-state index contributed by atoms with van der Waals surface area (Å²) < 4.78 is 27.0. The lowest BCUT2D eigenvalue weighted by molar-refractivity contribution is -0.0270. The van der Waals surface area contributed by atoms with E-state index < -0.39 is 9.05 Å². The minimum Gasteiger partial charge on any atom is -0.374 e. The zero-order chi connectivity index (χ0) is 10.8. The van der Waals surface area contributed by atoms with Crippen molar-refractivity contribution in [3.05, 3.63) is 0 Å². The molecule has 0 aliphatic carbocycles. The number of morpholine rings is 1. The largest absolute Gasteiger partial charge is 0.374 e. The maximum Gasteiger partial charge on any atom is 0.235 e. The van der Waals surface area contributed by atoms with Crippen LogP contribution in [0.4, 0.5) is 0 Å². The first-order chi connectivity index (χ1) is 6.38. The van der Waals surface area contributed by atoms with Gasteiger partial charge in [0.05, 0.1) is 18.5 Å². The lowest BCUT2D eigenvalue weighted by Crippen LogP contribution is -2.47. The predicted molar refractivity (Wildman–Crippen MR) is 56.1 cm³/mol. The Kier molecular flexibility index (Phi) is 4.18. The molecule has 4 nitrogen and oxygen atoms in total. The van der Waals surface area contributed by atoms with E-state index in [0.717, 1.165) is 6.54 Å². The smallest absolute Gasteiger partial charge is 0.235 e. The average Bonchev–Trinajstić information content (AvgIpc) is 2.01. The summed E-state index contributed by atoms with van der Waals surface area (Å²) in [5, 5.41) is 0. The standard InChI is InChI=1S/C8H16ClNO3S/c1-7(2)10-3-4-13-8(5-10)6-14(9,11)12/h7-8H,3-6H2,1-2H3. The quantitative estimate of drug-likeness (QED) is 0.682. The van der Waals surface area contributed by atoms with Gasteiger partial charge in [0.25, 0.3) is 0 Å². The Morgan fingerprint density at radius 1 is 1.57 bits per heavy atom. The van der Waals surface area contributed by atoms with Gasteiger partial charge in [-0.3, -0.25) is 4.90 Å². The monoisotopic (exact) mass is 241 g/mol. The minimum atomic E-state index is -3.45. The molecule has 0 radical (unpaired) electrons. The molecule has 1 aliphatic heterocycles. The second-order valence-corrected chi connectivity index (χ2v) is 6.61. The molecule has 0 saturated carbocycles. The molecule has 84 valence electrons. The van der Waals surface area contributed by atoms with Crippen LogP contribution in [-0.4, -0.2) is 50.9 Å². The Balaban J connectivity index is 2.48. The zero-order valence-electron chi connectivity index (χ0n) is 8.44. The van der Waals surface area contributed by atoms with Crippen molar-refractivity contribution >= 4 is 19.7 Å². The second kappa shape index (κ2) is 4.79. The fourth-order valence-electron chi connectivity index (χ4n) is 1.53. The number of ether oxygens (including phenoxy) is 1. The molecular weight excluding hydrogens is 226 g/mol. The van der Waals surface area contributed by atoms with Gasteiger partial charge >= 0.3 is 0 Å². The van der Waals surface area contributed by atoms with E-state index in [0.29, 0.717) is 19.2 Å². The minimum absolute atomic E-state index is 0.0994. The van der Waals surface area contributed by atoms with Crippen LogP contribution in [0.25, 0.3) is 0 Å². The van der Waals surface area contributed by atoms with Crippen LogP contribution in [0.1, 0.15) is 13.8 Å².